The van der Waals surface area contributed by atoms with Gasteiger partial charge in [0.2, 0.25) is 0 Å². The maximum absolute atomic E-state index is 5.08. The molecule has 10 aromatic carbocycles. The van der Waals surface area contributed by atoms with E-state index in [9.17, 15) is 0 Å². The molecule has 11 rings (SSSR count). The van der Waals surface area contributed by atoms with Crippen molar-refractivity contribution in [3.63, 3.8) is 0 Å². The van der Waals surface area contributed by atoms with E-state index in [0.717, 1.165) is 29.0 Å². The standard InChI is InChI=1S/C59H44N2Si/c1-2-61-56-35-17-16-34-55(56)60-59(61)46-23-19-21-44(41-46)43-20-18-22-45(40-43)58-53-32-14-12-30-51(53)57(52-31-13-15-33-54(52)58)42-36-38-50(39-37-42)62(47-24-6-3-7-25-47,48-26-8-4-9-27-48)49-28-10-5-11-29-49/h3-41H,2H2,1H3. The Kier molecular flexibility index (Phi) is 9.52. The van der Waals surface area contributed by atoms with E-state index in [0.29, 0.717) is 0 Å². The van der Waals surface area contributed by atoms with Crippen LogP contribution in [0.25, 0.3) is 77.3 Å². The van der Waals surface area contributed by atoms with Crippen LogP contribution in [-0.2, 0) is 6.54 Å². The normalized spacial score (nSPS) is 11.7. The Morgan fingerprint density at radius 2 is 0.758 bits per heavy atom. The van der Waals surface area contributed by atoms with Gasteiger partial charge in [0.25, 0.3) is 0 Å². The van der Waals surface area contributed by atoms with Crippen LogP contribution >= 0.6 is 0 Å². The highest BCUT2D eigenvalue weighted by Crippen LogP contribution is 2.44. The molecule has 0 bridgehead atoms. The maximum Gasteiger partial charge on any atom is 0.179 e. The second-order valence-electron chi connectivity index (χ2n) is 16.1. The van der Waals surface area contributed by atoms with Gasteiger partial charge in [0.05, 0.1) is 11.0 Å². The summed E-state index contributed by atoms with van der Waals surface area (Å²) in [5.41, 5.74) is 10.6. The molecule has 2 nitrogen and oxygen atoms in total. The maximum atomic E-state index is 5.08. The van der Waals surface area contributed by atoms with Crippen molar-refractivity contribution in [2.45, 2.75) is 13.5 Å². The van der Waals surface area contributed by atoms with Crippen LogP contribution in [0.4, 0.5) is 0 Å². The van der Waals surface area contributed by atoms with Crippen molar-refractivity contribution >= 4 is 61.4 Å². The quantitative estimate of drug-likeness (QED) is 0.0807. The Balaban J connectivity index is 1.06. The van der Waals surface area contributed by atoms with Gasteiger partial charge in [-0.25, -0.2) is 4.98 Å². The molecule has 0 fully saturated rings. The molecule has 0 atom stereocenters. The summed E-state index contributed by atoms with van der Waals surface area (Å²) >= 11 is 0. The molecule has 0 spiro atoms. The van der Waals surface area contributed by atoms with Crippen molar-refractivity contribution in [1.29, 1.82) is 0 Å². The van der Waals surface area contributed by atoms with E-state index < -0.39 is 8.07 Å². The number of hydrogen-bond donors (Lipinski definition) is 0. The minimum atomic E-state index is -2.66. The Bertz CT molecular complexity index is 3220. The van der Waals surface area contributed by atoms with Gasteiger partial charge >= 0.3 is 0 Å². The van der Waals surface area contributed by atoms with Crippen molar-refractivity contribution in [3.8, 4) is 44.8 Å². The summed E-state index contributed by atoms with van der Waals surface area (Å²) < 4.78 is 2.31. The van der Waals surface area contributed by atoms with Crippen LogP contribution in [0.3, 0.4) is 0 Å². The van der Waals surface area contributed by atoms with Crippen LogP contribution in [0.5, 0.6) is 0 Å². The van der Waals surface area contributed by atoms with Gasteiger partial charge in [-0.3, -0.25) is 0 Å². The van der Waals surface area contributed by atoms with E-state index in [-0.39, 0.29) is 0 Å². The number of benzene rings is 10. The number of rotatable bonds is 9. The Hall–Kier alpha value is -7.59. The fourth-order valence-electron chi connectivity index (χ4n) is 10.0. The van der Waals surface area contributed by atoms with Crippen LogP contribution in [0.2, 0.25) is 0 Å². The molecule has 1 aromatic heterocycles. The number of aryl methyl sites for hydroxylation is 1. The summed E-state index contributed by atoms with van der Waals surface area (Å²) in [4.78, 5) is 5.08. The predicted molar refractivity (Wildman–Crippen MR) is 266 cm³/mol. The first-order chi connectivity index (χ1) is 30.7. The molecule has 0 aliphatic carbocycles. The monoisotopic (exact) mass is 808 g/mol. The molecule has 11 aromatic rings. The van der Waals surface area contributed by atoms with E-state index >= 15 is 0 Å². The molecule has 3 heteroatoms. The molecule has 0 N–H and O–H groups in total. The molecule has 294 valence electrons. The summed E-state index contributed by atoms with van der Waals surface area (Å²) in [6.07, 6.45) is 0. The topological polar surface area (TPSA) is 17.8 Å². The fourth-order valence-corrected chi connectivity index (χ4v) is 14.8. The molecule has 0 saturated heterocycles. The first-order valence-electron chi connectivity index (χ1n) is 21.6. The predicted octanol–water partition coefficient (Wildman–Crippen LogP) is 12.4. The number of para-hydroxylation sites is 2. The van der Waals surface area contributed by atoms with E-state index in [1.54, 1.807) is 0 Å². The second-order valence-corrected chi connectivity index (χ2v) is 19.9. The van der Waals surface area contributed by atoms with Gasteiger partial charge in [-0.2, -0.15) is 0 Å². The van der Waals surface area contributed by atoms with Crippen molar-refractivity contribution in [2.24, 2.45) is 0 Å². The van der Waals surface area contributed by atoms with Crippen molar-refractivity contribution in [2.75, 3.05) is 0 Å². The summed E-state index contributed by atoms with van der Waals surface area (Å²) in [7, 11) is -2.66. The zero-order valence-electron chi connectivity index (χ0n) is 34.6. The van der Waals surface area contributed by atoms with E-state index in [4.69, 9.17) is 4.98 Å². The van der Waals surface area contributed by atoms with Crippen molar-refractivity contribution in [3.05, 3.63) is 237 Å². The molecule has 0 saturated carbocycles. The highest BCUT2D eigenvalue weighted by molar-refractivity contribution is 7.19. The van der Waals surface area contributed by atoms with Gasteiger partial charge in [-0.05, 0) is 107 Å². The molecular weight excluding hydrogens is 765 g/mol. The Morgan fingerprint density at radius 3 is 1.27 bits per heavy atom. The first kappa shape index (κ1) is 37.4. The van der Waals surface area contributed by atoms with Gasteiger partial charge < -0.3 is 4.57 Å². The van der Waals surface area contributed by atoms with E-state index in [1.165, 1.54) is 75.7 Å². The Labute approximate surface area is 364 Å². The van der Waals surface area contributed by atoms with Crippen LogP contribution in [0.15, 0.2) is 237 Å². The molecule has 0 unspecified atom stereocenters. The van der Waals surface area contributed by atoms with Gasteiger partial charge in [-0.1, -0.05) is 212 Å². The first-order valence-corrected chi connectivity index (χ1v) is 23.6. The molecule has 0 amide bonds. The van der Waals surface area contributed by atoms with Gasteiger partial charge in [0.15, 0.2) is 8.07 Å². The van der Waals surface area contributed by atoms with Gasteiger partial charge in [-0.15, -0.1) is 0 Å². The average Bonchev–Trinajstić information content (AvgIpc) is 3.74. The van der Waals surface area contributed by atoms with Crippen LogP contribution < -0.4 is 20.7 Å². The number of nitrogens with zero attached hydrogens (tertiary/aromatic N) is 2. The average molecular weight is 809 g/mol. The summed E-state index contributed by atoms with van der Waals surface area (Å²) in [5, 5.41) is 10.5. The third kappa shape index (κ3) is 6.20. The second kappa shape index (κ2) is 15.8. The molecule has 0 radical (unpaired) electrons. The highest BCUT2D eigenvalue weighted by atomic mass is 28.3. The summed E-state index contributed by atoms with van der Waals surface area (Å²) in [6, 6.07) is 87.3. The Morgan fingerprint density at radius 1 is 0.355 bits per heavy atom. The third-order valence-corrected chi connectivity index (χ3v) is 17.5. The molecule has 62 heavy (non-hydrogen) atoms. The molecule has 1 heterocycles. The van der Waals surface area contributed by atoms with E-state index in [2.05, 4.69) is 248 Å². The lowest BCUT2D eigenvalue weighted by Gasteiger charge is -2.34. The third-order valence-electron chi connectivity index (χ3n) is 12.7. The molecule has 0 aliphatic heterocycles. The van der Waals surface area contributed by atoms with Crippen molar-refractivity contribution in [1.82, 2.24) is 9.55 Å². The van der Waals surface area contributed by atoms with E-state index in [1.807, 2.05) is 0 Å². The minimum Gasteiger partial charge on any atom is -0.324 e. The zero-order valence-corrected chi connectivity index (χ0v) is 35.6. The van der Waals surface area contributed by atoms with Crippen LogP contribution in [0.1, 0.15) is 6.92 Å². The van der Waals surface area contributed by atoms with Crippen LogP contribution in [0, 0.1) is 0 Å². The minimum absolute atomic E-state index is 0.855. The lowest BCUT2D eigenvalue weighted by atomic mass is 9.85. The van der Waals surface area contributed by atoms with Crippen molar-refractivity contribution < 1.29 is 0 Å². The highest BCUT2D eigenvalue weighted by Gasteiger charge is 2.41. The number of aromatic nitrogens is 2. The van der Waals surface area contributed by atoms with Gasteiger partial charge in [0, 0.05) is 12.1 Å². The smallest absolute Gasteiger partial charge is 0.179 e. The summed E-state index contributed by atoms with van der Waals surface area (Å²) in [6.45, 7) is 3.04. The molecular formula is C59H44N2Si. The van der Waals surface area contributed by atoms with Gasteiger partial charge in [0.1, 0.15) is 5.82 Å². The number of fused-ring (bicyclic) bond motifs is 3. The lowest BCUT2D eigenvalue weighted by Crippen LogP contribution is -2.74. The molecule has 0 aliphatic rings. The zero-order chi connectivity index (χ0) is 41.5. The number of imidazole rings is 1. The number of hydrogen-bond acceptors (Lipinski definition) is 1. The lowest BCUT2D eigenvalue weighted by molar-refractivity contribution is 0.796. The summed E-state index contributed by atoms with van der Waals surface area (Å²) in [5.74, 6) is 1.00. The largest absolute Gasteiger partial charge is 0.324 e. The SMILES string of the molecule is CCn1c(-c2cccc(-c3cccc(-c4c5ccccc5c(-c5ccc([Si](c6ccccc6)(c6ccccc6)c6ccccc6)cc5)c5ccccc45)c3)c2)nc2ccccc21. The fraction of sp³-hybridized carbons (Fsp3) is 0.0339. The van der Waals surface area contributed by atoms with Crippen LogP contribution in [-0.4, -0.2) is 17.6 Å².